The van der Waals surface area contributed by atoms with Crippen molar-refractivity contribution in [2.75, 3.05) is 0 Å². The number of benzene rings is 1. The van der Waals surface area contributed by atoms with Gasteiger partial charge in [-0.1, -0.05) is 30.3 Å². The van der Waals surface area contributed by atoms with Crippen LogP contribution in [0.2, 0.25) is 0 Å². The van der Waals surface area contributed by atoms with Gasteiger partial charge in [-0.05, 0) is 29.0 Å². The van der Waals surface area contributed by atoms with E-state index >= 15 is 0 Å². The van der Waals surface area contributed by atoms with Gasteiger partial charge in [0.2, 0.25) is 0 Å². The summed E-state index contributed by atoms with van der Waals surface area (Å²) < 4.78 is 0. The summed E-state index contributed by atoms with van der Waals surface area (Å²) in [6.07, 6.45) is 2.93. The summed E-state index contributed by atoms with van der Waals surface area (Å²) in [5, 5.41) is 6.17. The zero-order valence-corrected chi connectivity index (χ0v) is 8.33. The molecule has 0 aliphatic carbocycles. The van der Waals surface area contributed by atoms with Crippen LogP contribution in [0.15, 0.2) is 46.9 Å². The van der Waals surface area contributed by atoms with Crippen molar-refractivity contribution in [1.82, 2.24) is 4.83 Å². The number of nitrogens with one attached hydrogen (secondary N) is 1. The van der Waals surface area contributed by atoms with E-state index in [0.29, 0.717) is 0 Å². The molecular formula is C10H11FN2S. The molecule has 0 fully saturated rings. The molecule has 0 saturated heterocycles. The van der Waals surface area contributed by atoms with Crippen molar-refractivity contribution < 1.29 is 4.70 Å². The van der Waals surface area contributed by atoms with Crippen LogP contribution in [0.25, 0.3) is 0 Å². The van der Waals surface area contributed by atoms with Crippen LogP contribution >= 0.6 is 11.9 Å². The molecule has 4 heteroatoms. The fourth-order valence-electron chi connectivity index (χ4n) is 1.17. The average Bonchev–Trinajstić information content (AvgIpc) is 2.21. The monoisotopic (exact) mass is 210 g/mol. The Bertz CT molecular complexity index is 335. The summed E-state index contributed by atoms with van der Waals surface area (Å²) >= 11 is 1.49. The third kappa shape index (κ3) is 2.88. The SMILES string of the molecule is C1=CC(Cc2ccccc2)=NNS1.F. The van der Waals surface area contributed by atoms with Crippen LogP contribution in [0.4, 0.5) is 4.70 Å². The Balaban J connectivity index is 0.000000980. The topological polar surface area (TPSA) is 24.4 Å². The lowest BCUT2D eigenvalue weighted by molar-refractivity contribution is 1.09. The third-order valence-corrected chi connectivity index (χ3v) is 2.27. The molecule has 1 aromatic carbocycles. The fourth-order valence-corrected chi connectivity index (χ4v) is 1.62. The average molecular weight is 210 g/mol. The highest BCUT2D eigenvalue weighted by molar-refractivity contribution is 8.00. The standard InChI is InChI=1S/C10H10N2S.FH/c1-2-4-9(5-3-1)8-10-6-7-13-12-11-10;/h1-7,12H,8H2;1H. The van der Waals surface area contributed by atoms with Gasteiger partial charge in [-0.15, -0.1) is 0 Å². The van der Waals surface area contributed by atoms with Crippen LogP contribution < -0.4 is 4.83 Å². The molecule has 0 unspecified atom stereocenters. The number of hydrogen-bond acceptors (Lipinski definition) is 3. The van der Waals surface area contributed by atoms with Crippen LogP contribution in [0, 0.1) is 0 Å². The first-order valence-corrected chi connectivity index (χ1v) is 5.01. The van der Waals surface area contributed by atoms with Crippen molar-refractivity contribution in [2.24, 2.45) is 5.10 Å². The molecule has 1 N–H and O–H groups in total. The lowest BCUT2D eigenvalue weighted by Gasteiger charge is -2.05. The minimum atomic E-state index is 0. The molecule has 0 atom stereocenters. The van der Waals surface area contributed by atoms with Gasteiger partial charge in [-0.2, -0.15) is 5.10 Å². The molecule has 0 bridgehead atoms. The molecule has 0 spiro atoms. The summed E-state index contributed by atoms with van der Waals surface area (Å²) in [5.41, 5.74) is 2.37. The second-order valence-corrected chi connectivity index (χ2v) is 3.47. The predicted octanol–water partition coefficient (Wildman–Crippen LogP) is 2.50. The van der Waals surface area contributed by atoms with Crippen molar-refractivity contribution in [3.05, 3.63) is 47.4 Å². The van der Waals surface area contributed by atoms with E-state index in [-0.39, 0.29) is 4.70 Å². The lowest BCUT2D eigenvalue weighted by Crippen LogP contribution is -2.07. The fraction of sp³-hybridized carbons (Fsp3) is 0.100. The molecule has 2 rings (SSSR count). The van der Waals surface area contributed by atoms with E-state index in [1.165, 1.54) is 17.5 Å². The molecule has 74 valence electrons. The first kappa shape index (κ1) is 10.8. The second kappa shape index (κ2) is 5.44. The van der Waals surface area contributed by atoms with E-state index < -0.39 is 0 Å². The summed E-state index contributed by atoms with van der Waals surface area (Å²) in [6.45, 7) is 0. The Morgan fingerprint density at radius 1 is 1.21 bits per heavy atom. The highest BCUT2D eigenvalue weighted by atomic mass is 32.2. The first-order valence-electron chi connectivity index (χ1n) is 4.13. The molecular weight excluding hydrogens is 199 g/mol. The van der Waals surface area contributed by atoms with Crippen molar-refractivity contribution in [1.29, 1.82) is 0 Å². The summed E-state index contributed by atoms with van der Waals surface area (Å²) in [6, 6.07) is 10.3. The van der Waals surface area contributed by atoms with Gasteiger partial charge in [-0.25, -0.2) is 4.83 Å². The van der Waals surface area contributed by atoms with Gasteiger partial charge in [0.05, 0.1) is 5.71 Å². The summed E-state index contributed by atoms with van der Waals surface area (Å²) in [5.74, 6) is 0. The Morgan fingerprint density at radius 2 is 2.00 bits per heavy atom. The molecule has 1 aliphatic rings. The molecule has 2 nitrogen and oxygen atoms in total. The third-order valence-electron chi connectivity index (χ3n) is 1.80. The highest BCUT2D eigenvalue weighted by Crippen LogP contribution is 2.07. The number of halogens is 1. The highest BCUT2D eigenvalue weighted by Gasteiger charge is 2.00. The van der Waals surface area contributed by atoms with Gasteiger partial charge < -0.3 is 0 Å². The molecule has 1 heterocycles. The Morgan fingerprint density at radius 3 is 2.64 bits per heavy atom. The number of hydrazone groups is 1. The van der Waals surface area contributed by atoms with Crippen LogP contribution in [-0.2, 0) is 6.42 Å². The molecule has 1 aromatic rings. The van der Waals surface area contributed by atoms with Crippen LogP contribution in [0.5, 0.6) is 0 Å². The van der Waals surface area contributed by atoms with Gasteiger partial charge >= 0.3 is 0 Å². The molecule has 0 radical (unpaired) electrons. The first-order chi connectivity index (χ1) is 6.45. The maximum atomic E-state index is 4.17. The molecule has 0 amide bonds. The van der Waals surface area contributed by atoms with Gasteiger partial charge in [0.15, 0.2) is 0 Å². The van der Waals surface area contributed by atoms with Crippen molar-refractivity contribution >= 4 is 17.7 Å². The normalized spacial score (nSPS) is 13.9. The van der Waals surface area contributed by atoms with Crippen LogP contribution in [0.3, 0.4) is 0 Å². The quantitative estimate of drug-likeness (QED) is 0.758. The molecule has 14 heavy (non-hydrogen) atoms. The second-order valence-electron chi connectivity index (χ2n) is 2.78. The van der Waals surface area contributed by atoms with E-state index in [1.807, 2.05) is 29.7 Å². The van der Waals surface area contributed by atoms with Gasteiger partial charge in [0.1, 0.15) is 0 Å². The number of rotatable bonds is 2. The smallest absolute Gasteiger partial charge is 0.0662 e. The van der Waals surface area contributed by atoms with Gasteiger partial charge in [0, 0.05) is 6.42 Å². The predicted molar refractivity (Wildman–Crippen MR) is 60.0 cm³/mol. The summed E-state index contributed by atoms with van der Waals surface area (Å²) in [7, 11) is 0. The Kier molecular flexibility index (Phi) is 4.19. The minimum Gasteiger partial charge on any atom is -0.269 e. The zero-order chi connectivity index (χ0) is 8.93. The minimum absolute atomic E-state index is 0. The maximum Gasteiger partial charge on any atom is 0.0662 e. The summed E-state index contributed by atoms with van der Waals surface area (Å²) in [4.78, 5) is 2.87. The number of hydrogen-bond donors (Lipinski definition) is 1. The largest absolute Gasteiger partial charge is 0.269 e. The van der Waals surface area contributed by atoms with Gasteiger partial charge in [-0.3, -0.25) is 4.70 Å². The molecule has 1 aliphatic heterocycles. The molecule has 0 saturated carbocycles. The van der Waals surface area contributed by atoms with Crippen LogP contribution in [-0.4, -0.2) is 5.71 Å². The van der Waals surface area contributed by atoms with Crippen molar-refractivity contribution in [3.8, 4) is 0 Å². The zero-order valence-electron chi connectivity index (χ0n) is 7.51. The van der Waals surface area contributed by atoms with Gasteiger partial charge in [0.25, 0.3) is 0 Å². The Labute approximate surface area is 86.6 Å². The maximum absolute atomic E-state index is 4.17. The van der Waals surface area contributed by atoms with E-state index in [2.05, 4.69) is 22.1 Å². The van der Waals surface area contributed by atoms with Crippen molar-refractivity contribution in [2.45, 2.75) is 6.42 Å². The number of allylic oxidation sites excluding steroid dienone is 1. The number of nitrogens with zero attached hydrogens (tertiary/aromatic N) is 1. The van der Waals surface area contributed by atoms with E-state index in [4.69, 9.17) is 0 Å². The molecule has 0 aromatic heterocycles. The van der Waals surface area contributed by atoms with Crippen LogP contribution in [0.1, 0.15) is 5.56 Å². The lowest BCUT2D eigenvalue weighted by atomic mass is 10.1. The van der Waals surface area contributed by atoms with Crippen molar-refractivity contribution in [3.63, 3.8) is 0 Å². The van der Waals surface area contributed by atoms with E-state index in [0.717, 1.165) is 12.1 Å². The van der Waals surface area contributed by atoms with E-state index in [1.54, 1.807) is 0 Å². The Hall–Kier alpha value is -1.29. The van der Waals surface area contributed by atoms with E-state index in [9.17, 15) is 0 Å².